The number of pyridine rings is 2. The molecule has 0 aliphatic carbocycles. The van der Waals surface area contributed by atoms with Gasteiger partial charge >= 0.3 is 11.9 Å². The van der Waals surface area contributed by atoms with Crippen molar-refractivity contribution in [3.63, 3.8) is 0 Å². The Labute approximate surface area is 206 Å². The SMILES string of the molecule is CCCCCN(CCCCC)C1=CC(c2cc(C(=O)O)cc(-c3cc(C(=O)O)ccn3)n2)NC=C1. The summed E-state index contributed by atoms with van der Waals surface area (Å²) < 4.78 is 0. The number of nitrogens with zero attached hydrogens (tertiary/aromatic N) is 3. The van der Waals surface area contributed by atoms with Crippen LogP contribution in [0.2, 0.25) is 0 Å². The van der Waals surface area contributed by atoms with E-state index in [0.29, 0.717) is 17.1 Å². The third-order valence-corrected chi connectivity index (χ3v) is 5.98. The minimum Gasteiger partial charge on any atom is -0.478 e. The van der Waals surface area contributed by atoms with Crippen LogP contribution in [0.3, 0.4) is 0 Å². The fourth-order valence-electron chi connectivity index (χ4n) is 4.04. The Hall–Kier alpha value is -3.68. The highest BCUT2D eigenvalue weighted by atomic mass is 16.4. The molecule has 1 aliphatic rings. The Balaban J connectivity index is 1.95. The van der Waals surface area contributed by atoms with Crippen molar-refractivity contribution >= 4 is 11.9 Å². The van der Waals surface area contributed by atoms with Crippen molar-refractivity contribution in [2.24, 2.45) is 0 Å². The van der Waals surface area contributed by atoms with Crippen molar-refractivity contribution in [2.75, 3.05) is 13.1 Å². The number of aromatic nitrogens is 2. The van der Waals surface area contributed by atoms with Gasteiger partial charge < -0.3 is 20.4 Å². The molecule has 1 atom stereocenters. The average Bonchev–Trinajstić information content (AvgIpc) is 2.88. The quantitative estimate of drug-likeness (QED) is 0.334. The van der Waals surface area contributed by atoms with Crippen LogP contribution in [0.25, 0.3) is 11.4 Å². The molecule has 1 aliphatic heterocycles. The summed E-state index contributed by atoms with van der Waals surface area (Å²) in [5, 5.41) is 22.3. The number of dihydropyridines is 1. The number of hydrogen-bond acceptors (Lipinski definition) is 6. The van der Waals surface area contributed by atoms with Crippen LogP contribution in [0.15, 0.2) is 54.5 Å². The van der Waals surface area contributed by atoms with Crippen molar-refractivity contribution in [3.05, 3.63) is 71.3 Å². The molecule has 1 unspecified atom stereocenters. The smallest absolute Gasteiger partial charge is 0.335 e. The Morgan fingerprint density at radius 2 is 1.60 bits per heavy atom. The molecule has 0 bridgehead atoms. The van der Waals surface area contributed by atoms with Crippen molar-refractivity contribution in [1.29, 1.82) is 0 Å². The lowest BCUT2D eigenvalue weighted by Crippen LogP contribution is -2.29. The number of carbonyl (C=O) groups is 2. The summed E-state index contributed by atoms with van der Waals surface area (Å²) >= 11 is 0. The zero-order valence-corrected chi connectivity index (χ0v) is 20.4. The maximum Gasteiger partial charge on any atom is 0.335 e. The second kappa shape index (κ2) is 12.7. The second-order valence-electron chi connectivity index (χ2n) is 8.68. The van der Waals surface area contributed by atoms with Crippen molar-refractivity contribution in [3.8, 4) is 11.4 Å². The van der Waals surface area contributed by atoms with Crippen LogP contribution >= 0.6 is 0 Å². The standard InChI is InChI=1S/C27H34N4O4/c1-3-5-7-13-31(14-8-6-4-2)21-10-12-29-23(18-21)25-17-20(27(34)35)16-24(30-25)22-15-19(26(32)33)9-11-28-22/h9-12,15-18,23,29H,3-8,13-14H2,1-2H3,(H,32,33)(H,34,35). The molecule has 0 radical (unpaired) electrons. The van der Waals surface area contributed by atoms with E-state index in [0.717, 1.165) is 44.5 Å². The number of unbranched alkanes of at least 4 members (excludes halogenated alkanes) is 4. The monoisotopic (exact) mass is 478 g/mol. The third-order valence-electron chi connectivity index (χ3n) is 5.98. The number of rotatable bonds is 13. The first-order valence-electron chi connectivity index (χ1n) is 12.3. The van der Waals surface area contributed by atoms with Crippen LogP contribution in [0.4, 0.5) is 0 Å². The minimum atomic E-state index is -1.08. The lowest BCUT2D eigenvalue weighted by Gasteiger charge is -2.30. The second-order valence-corrected chi connectivity index (χ2v) is 8.68. The topological polar surface area (TPSA) is 116 Å². The molecule has 8 nitrogen and oxygen atoms in total. The Kier molecular flexibility index (Phi) is 9.40. The molecule has 0 amide bonds. The molecule has 0 saturated carbocycles. The molecule has 0 spiro atoms. The fourth-order valence-corrected chi connectivity index (χ4v) is 4.04. The van der Waals surface area contributed by atoms with Gasteiger partial charge in [0.1, 0.15) is 0 Å². The van der Waals surface area contributed by atoms with Crippen molar-refractivity contribution in [2.45, 2.75) is 58.4 Å². The Morgan fingerprint density at radius 3 is 2.23 bits per heavy atom. The van der Waals surface area contributed by atoms with E-state index >= 15 is 0 Å². The Morgan fingerprint density at radius 1 is 0.943 bits per heavy atom. The highest BCUT2D eigenvalue weighted by Gasteiger charge is 2.20. The summed E-state index contributed by atoms with van der Waals surface area (Å²) in [6.45, 7) is 6.34. The number of allylic oxidation sites excluding steroid dienone is 1. The summed E-state index contributed by atoms with van der Waals surface area (Å²) in [5.74, 6) is -2.17. The summed E-state index contributed by atoms with van der Waals surface area (Å²) in [6.07, 6.45) is 14.3. The first kappa shape index (κ1) is 25.9. The highest BCUT2D eigenvalue weighted by molar-refractivity contribution is 5.90. The van der Waals surface area contributed by atoms with Gasteiger partial charge in [0.15, 0.2) is 0 Å². The lowest BCUT2D eigenvalue weighted by atomic mass is 10.0. The molecule has 3 heterocycles. The molecule has 0 fully saturated rings. The van der Waals surface area contributed by atoms with Crippen LogP contribution in [0, 0.1) is 0 Å². The van der Waals surface area contributed by atoms with E-state index in [1.54, 1.807) is 6.07 Å². The highest BCUT2D eigenvalue weighted by Crippen LogP contribution is 2.26. The van der Waals surface area contributed by atoms with E-state index in [9.17, 15) is 19.8 Å². The molecular formula is C27H34N4O4. The average molecular weight is 479 g/mol. The number of carboxylic acids is 2. The van der Waals surface area contributed by atoms with Crippen LogP contribution in [-0.2, 0) is 0 Å². The summed E-state index contributed by atoms with van der Waals surface area (Å²) in [6, 6.07) is 5.44. The van der Waals surface area contributed by atoms with Gasteiger partial charge in [-0.25, -0.2) is 14.6 Å². The molecule has 2 aromatic heterocycles. The first-order chi connectivity index (χ1) is 16.9. The summed E-state index contributed by atoms with van der Waals surface area (Å²) in [5.41, 5.74) is 2.39. The van der Waals surface area contributed by atoms with Gasteiger partial charge in [0.2, 0.25) is 0 Å². The number of nitrogens with one attached hydrogen (secondary N) is 1. The van der Waals surface area contributed by atoms with Crippen LogP contribution < -0.4 is 5.32 Å². The predicted molar refractivity (Wildman–Crippen MR) is 135 cm³/mol. The van der Waals surface area contributed by atoms with Gasteiger partial charge in [0.05, 0.1) is 34.3 Å². The fraction of sp³-hybridized carbons (Fsp3) is 0.407. The van der Waals surface area contributed by atoms with Crippen LogP contribution in [-0.4, -0.2) is 50.1 Å². The van der Waals surface area contributed by atoms with Crippen LogP contribution in [0.1, 0.15) is 84.8 Å². The molecule has 8 heteroatoms. The maximum atomic E-state index is 11.9. The molecule has 186 valence electrons. The third kappa shape index (κ3) is 7.15. The lowest BCUT2D eigenvalue weighted by molar-refractivity contribution is 0.0685. The minimum absolute atomic E-state index is 0.0646. The molecular weight excluding hydrogens is 444 g/mol. The van der Waals surface area contributed by atoms with E-state index in [2.05, 4.69) is 40.1 Å². The molecule has 35 heavy (non-hydrogen) atoms. The van der Waals surface area contributed by atoms with Crippen LogP contribution in [0.5, 0.6) is 0 Å². The maximum absolute atomic E-state index is 11.9. The van der Waals surface area contributed by atoms with Gasteiger partial charge in [-0.3, -0.25) is 4.98 Å². The number of carboxylic acid groups (broad SMARTS) is 2. The molecule has 2 aromatic rings. The van der Waals surface area contributed by atoms with E-state index in [1.807, 2.05) is 12.3 Å². The summed E-state index contributed by atoms with van der Waals surface area (Å²) in [4.78, 5) is 34.6. The van der Waals surface area contributed by atoms with E-state index in [4.69, 9.17) is 0 Å². The van der Waals surface area contributed by atoms with E-state index < -0.39 is 11.9 Å². The number of aromatic carboxylic acids is 2. The largest absolute Gasteiger partial charge is 0.478 e. The molecule has 0 aromatic carbocycles. The Bertz CT molecular complexity index is 1090. The molecule has 0 saturated heterocycles. The zero-order valence-electron chi connectivity index (χ0n) is 20.4. The molecule has 3 N–H and O–H groups in total. The van der Waals surface area contributed by atoms with E-state index in [-0.39, 0.29) is 17.2 Å². The van der Waals surface area contributed by atoms with Gasteiger partial charge in [0, 0.05) is 25.0 Å². The van der Waals surface area contributed by atoms with Crippen molar-refractivity contribution < 1.29 is 19.8 Å². The number of hydrogen-bond donors (Lipinski definition) is 3. The van der Waals surface area contributed by atoms with E-state index in [1.165, 1.54) is 37.2 Å². The van der Waals surface area contributed by atoms with Crippen molar-refractivity contribution in [1.82, 2.24) is 20.2 Å². The van der Waals surface area contributed by atoms with Gasteiger partial charge in [-0.15, -0.1) is 0 Å². The normalized spacial score (nSPS) is 14.8. The zero-order chi connectivity index (χ0) is 25.2. The van der Waals surface area contributed by atoms with Gasteiger partial charge in [-0.05, 0) is 55.5 Å². The summed E-state index contributed by atoms with van der Waals surface area (Å²) in [7, 11) is 0. The van der Waals surface area contributed by atoms with Gasteiger partial charge in [-0.1, -0.05) is 39.5 Å². The van der Waals surface area contributed by atoms with Gasteiger partial charge in [-0.2, -0.15) is 0 Å². The first-order valence-corrected chi connectivity index (χ1v) is 12.3. The van der Waals surface area contributed by atoms with Gasteiger partial charge in [0.25, 0.3) is 0 Å². The predicted octanol–water partition coefficient (Wildman–Crippen LogP) is 5.26. The molecule has 3 rings (SSSR count).